The van der Waals surface area contributed by atoms with Crippen LogP contribution in [0.25, 0.3) is 10.2 Å². The molecule has 3 aromatic rings. The fourth-order valence-corrected chi connectivity index (χ4v) is 4.65. The maximum Gasteiger partial charge on any atom is 0.186 e. The van der Waals surface area contributed by atoms with Crippen LogP contribution in [0.15, 0.2) is 36.4 Å². The van der Waals surface area contributed by atoms with Gasteiger partial charge in [0.15, 0.2) is 5.13 Å². The second kappa shape index (κ2) is 6.56. The fraction of sp³-hybridized carbons (Fsp3) is 0.350. The number of rotatable bonds is 3. The van der Waals surface area contributed by atoms with Gasteiger partial charge in [-0.3, -0.25) is 0 Å². The molecule has 0 saturated carbocycles. The van der Waals surface area contributed by atoms with E-state index < -0.39 is 0 Å². The highest BCUT2D eigenvalue weighted by Gasteiger charge is 2.20. The topological polar surface area (TPSA) is 28.6 Å². The van der Waals surface area contributed by atoms with Crippen LogP contribution in [0.4, 0.5) is 10.8 Å². The number of hydrogen-bond acceptors (Lipinski definition) is 5. The van der Waals surface area contributed by atoms with Gasteiger partial charge in [0, 0.05) is 37.9 Å². The second-order valence-corrected chi connectivity index (χ2v) is 7.61. The SMILES string of the molecule is COc1cccc(N2CCN(c3nc4c(C)cc(C)cc4s3)CC2)c1. The second-order valence-electron chi connectivity index (χ2n) is 6.60. The molecular weight excluding hydrogens is 330 g/mol. The molecule has 2 heterocycles. The summed E-state index contributed by atoms with van der Waals surface area (Å²) < 4.78 is 6.64. The summed E-state index contributed by atoms with van der Waals surface area (Å²) in [7, 11) is 1.72. The van der Waals surface area contributed by atoms with Crippen molar-refractivity contribution >= 4 is 32.4 Å². The predicted octanol–water partition coefficient (Wildman–Crippen LogP) is 4.25. The maximum atomic E-state index is 5.35. The Hall–Kier alpha value is -2.27. The molecule has 0 N–H and O–H groups in total. The Bertz CT molecular complexity index is 897. The monoisotopic (exact) mass is 353 g/mol. The van der Waals surface area contributed by atoms with Crippen molar-refractivity contribution in [2.75, 3.05) is 43.1 Å². The molecule has 1 saturated heterocycles. The molecule has 4 nitrogen and oxygen atoms in total. The molecule has 0 bridgehead atoms. The highest BCUT2D eigenvalue weighted by molar-refractivity contribution is 7.22. The first-order chi connectivity index (χ1) is 12.1. The molecule has 5 heteroatoms. The van der Waals surface area contributed by atoms with E-state index in [1.54, 1.807) is 7.11 Å². The summed E-state index contributed by atoms with van der Waals surface area (Å²) in [4.78, 5) is 9.74. The molecule has 0 amide bonds. The third-order valence-corrected chi connectivity index (χ3v) is 5.85. The highest BCUT2D eigenvalue weighted by atomic mass is 32.1. The summed E-state index contributed by atoms with van der Waals surface area (Å²) in [5, 5.41) is 1.15. The lowest BCUT2D eigenvalue weighted by Crippen LogP contribution is -2.46. The van der Waals surface area contributed by atoms with Crippen molar-refractivity contribution in [1.29, 1.82) is 0 Å². The van der Waals surface area contributed by atoms with Gasteiger partial charge in [-0.25, -0.2) is 4.98 Å². The molecule has 1 aliphatic rings. The summed E-state index contributed by atoms with van der Waals surface area (Å²) in [6.45, 7) is 8.30. The standard InChI is InChI=1S/C20H23N3OS/c1-14-11-15(2)19-18(12-14)25-20(21-19)23-9-7-22(8-10-23)16-5-4-6-17(13-16)24-3/h4-6,11-13H,7-10H2,1-3H3. The first-order valence-electron chi connectivity index (χ1n) is 8.66. The van der Waals surface area contributed by atoms with Crippen molar-refractivity contribution in [2.24, 2.45) is 0 Å². The van der Waals surface area contributed by atoms with E-state index in [4.69, 9.17) is 9.72 Å². The van der Waals surface area contributed by atoms with E-state index in [0.29, 0.717) is 0 Å². The number of aromatic nitrogens is 1. The Morgan fingerprint density at radius 3 is 2.52 bits per heavy atom. The molecular formula is C20H23N3OS. The molecule has 4 rings (SSSR count). The normalized spacial score (nSPS) is 15.0. The van der Waals surface area contributed by atoms with E-state index in [-0.39, 0.29) is 0 Å². The van der Waals surface area contributed by atoms with Crippen LogP contribution in [0.3, 0.4) is 0 Å². The summed E-state index contributed by atoms with van der Waals surface area (Å²) in [6, 6.07) is 12.8. The summed E-state index contributed by atoms with van der Waals surface area (Å²) >= 11 is 1.81. The molecule has 0 aliphatic carbocycles. The van der Waals surface area contributed by atoms with Gasteiger partial charge in [0.05, 0.1) is 17.3 Å². The number of piperazine rings is 1. The van der Waals surface area contributed by atoms with Crippen LogP contribution in [0.2, 0.25) is 0 Å². The minimum atomic E-state index is 0.914. The van der Waals surface area contributed by atoms with Gasteiger partial charge in [-0.2, -0.15) is 0 Å². The maximum absolute atomic E-state index is 5.35. The van der Waals surface area contributed by atoms with Gasteiger partial charge in [-0.15, -0.1) is 0 Å². The molecule has 1 aromatic heterocycles. The molecule has 25 heavy (non-hydrogen) atoms. The zero-order valence-electron chi connectivity index (χ0n) is 15.0. The zero-order valence-corrected chi connectivity index (χ0v) is 15.8. The number of anilines is 2. The third kappa shape index (κ3) is 3.16. The van der Waals surface area contributed by atoms with Crippen molar-refractivity contribution < 1.29 is 4.74 Å². The number of hydrogen-bond donors (Lipinski definition) is 0. The smallest absolute Gasteiger partial charge is 0.186 e. The van der Waals surface area contributed by atoms with Gasteiger partial charge in [-0.1, -0.05) is 23.5 Å². The lowest BCUT2D eigenvalue weighted by Gasteiger charge is -2.36. The van der Waals surface area contributed by atoms with Crippen molar-refractivity contribution in [2.45, 2.75) is 13.8 Å². The number of aryl methyl sites for hydroxylation is 2. The van der Waals surface area contributed by atoms with Gasteiger partial charge >= 0.3 is 0 Å². The molecule has 0 atom stereocenters. The van der Waals surface area contributed by atoms with E-state index in [0.717, 1.165) is 42.6 Å². The van der Waals surface area contributed by atoms with Crippen molar-refractivity contribution in [3.63, 3.8) is 0 Å². The third-order valence-electron chi connectivity index (χ3n) is 4.79. The van der Waals surface area contributed by atoms with Crippen LogP contribution >= 0.6 is 11.3 Å². The molecule has 130 valence electrons. The number of methoxy groups -OCH3 is 1. The predicted molar refractivity (Wildman–Crippen MR) is 107 cm³/mol. The summed E-state index contributed by atoms with van der Waals surface area (Å²) in [5.74, 6) is 0.914. The molecule has 1 fully saturated rings. The van der Waals surface area contributed by atoms with E-state index in [1.807, 2.05) is 17.4 Å². The highest BCUT2D eigenvalue weighted by Crippen LogP contribution is 2.32. The summed E-state index contributed by atoms with van der Waals surface area (Å²) in [6.07, 6.45) is 0. The van der Waals surface area contributed by atoms with Crippen molar-refractivity contribution in [1.82, 2.24) is 4.98 Å². The molecule has 0 spiro atoms. The minimum absolute atomic E-state index is 0.914. The van der Waals surface area contributed by atoms with Crippen molar-refractivity contribution in [3.8, 4) is 5.75 Å². The van der Waals surface area contributed by atoms with Crippen LogP contribution in [0.5, 0.6) is 5.75 Å². The fourth-order valence-electron chi connectivity index (χ4n) is 3.46. The first-order valence-corrected chi connectivity index (χ1v) is 9.47. The number of thiazole rings is 1. The van der Waals surface area contributed by atoms with Crippen LogP contribution < -0.4 is 14.5 Å². The number of benzene rings is 2. The Morgan fingerprint density at radius 1 is 1.00 bits per heavy atom. The van der Waals surface area contributed by atoms with Gasteiger partial charge in [0.2, 0.25) is 0 Å². The van der Waals surface area contributed by atoms with Crippen LogP contribution in [-0.4, -0.2) is 38.3 Å². The first kappa shape index (κ1) is 16.2. The Balaban J connectivity index is 1.51. The molecule has 0 radical (unpaired) electrons. The van der Waals surface area contributed by atoms with Gasteiger partial charge in [0.1, 0.15) is 5.75 Å². The van der Waals surface area contributed by atoms with E-state index >= 15 is 0 Å². The molecule has 0 unspecified atom stereocenters. The lowest BCUT2D eigenvalue weighted by atomic mass is 10.1. The quantitative estimate of drug-likeness (QED) is 0.704. The zero-order chi connectivity index (χ0) is 17.4. The Labute approximate surface area is 152 Å². The summed E-state index contributed by atoms with van der Waals surface area (Å²) in [5.41, 5.74) is 4.96. The van der Waals surface area contributed by atoms with Crippen LogP contribution in [0, 0.1) is 13.8 Å². The average molecular weight is 353 g/mol. The number of fused-ring (bicyclic) bond motifs is 1. The van der Waals surface area contributed by atoms with E-state index in [2.05, 4.69) is 54.0 Å². The Kier molecular flexibility index (Phi) is 4.25. The Morgan fingerprint density at radius 2 is 1.76 bits per heavy atom. The largest absolute Gasteiger partial charge is 0.497 e. The van der Waals surface area contributed by atoms with Gasteiger partial charge < -0.3 is 14.5 Å². The number of ether oxygens (including phenoxy) is 1. The van der Waals surface area contributed by atoms with E-state index in [9.17, 15) is 0 Å². The van der Waals surface area contributed by atoms with Crippen LogP contribution in [0.1, 0.15) is 11.1 Å². The van der Waals surface area contributed by atoms with Crippen LogP contribution in [-0.2, 0) is 0 Å². The molecule has 1 aliphatic heterocycles. The minimum Gasteiger partial charge on any atom is -0.497 e. The van der Waals surface area contributed by atoms with E-state index in [1.165, 1.54) is 21.5 Å². The lowest BCUT2D eigenvalue weighted by molar-refractivity contribution is 0.414. The van der Waals surface area contributed by atoms with Gasteiger partial charge in [-0.05, 0) is 43.2 Å². The average Bonchev–Trinajstić information content (AvgIpc) is 3.06. The molecule has 2 aromatic carbocycles. The van der Waals surface area contributed by atoms with Gasteiger partial charge in [0.25, 0.3) is 0 Å². The van der Waals surface area contributed by atoms with Crippen molar-refractivity contribution in [3.05, 3.63) is 47.5 Å². The number of nitrogens with zero attached hydrogens (tertiary/aromatic N) is 3.